The maximum Gasteiger partial charge on any atom is 0.254 e. The van der Waals surface area contributed by atoms with Crippen LogP contribution < -0.4 is 5.73 Å². The van der Waals surface area contributed by atoms with E-state index in [-0.39, 0.29) is 11.7 Å². The third kappa shape index (κ3) is 2.50. The molecule has 0 saturated heterocycles. The van der Waals surface area contributed by atoms with Crippen molar-refractivity contribution < 1.29 is 9.18 Å². The van der Waals surface area contributed by atoms with Crippen molar-refractivity contribution in [1.82, 2.24) is 14.9 Å². The fourth-order valence-electron chi connectivity index (χ4n) is 3.07. The molecule has 122 valence electrons. The van der Waals surface area contributed by atoms with E-state index in [0.29, 0.717) is 46.8 Å². The number of hydrogen-bond donors (Lipinski definition) is 1. The molecule has 0 bridgehead atoms. The predicted octanol–water partition coefficient (Wildman–Crippen LogP) is 2.92. The SMILES string of the molecule is Cc1cc(C(=O)N2CCc3nc(N)sc3C2)c2ccc(F)cc2n1. The average molecular weight is 342 g/mol. The molecular weight excluding hydrogens is 327 g/mol. The summed E-state index contributed by atoms with van der Waals surface area (Å²) in [6, 6.07) is 6.09. The highest BCUT2D eigenvalue weighted by Gasteiger charge is 2.26. The summed E-state index contributed by atoms with van der Waals surface area (Å²) in [5.41, 5.74) is 8.49. The largest absolute Gasteiger partial charge is 0.375 e. The molecule has 1 aromatic carbocycles. The first-order valence-corrected chi connectivity index (χ1v) is 8.43. The van der Waals surface area contributed by atoms with Crippen molar-refractivity contribution in [2.24, 2.45) is 0 Å². The smallest absolute Gasteiger partial charge is 0.254 e. The van der Waals surface area contributed by atoms with Gasteiger partial charge in [0.25, 0.3) is 5.91 Å². The summed E-state index contributed by atoms with van der Waals surface area (Å²) in [5, 5.41) is 1.21. The quantitative estimate of drug-likeness (QED) is 0.738. The van der Waals surface area contributed by atoms with Crippen LogP contribution >= 0.6 is 11.3 Å². The van der Waals surface area contributed by atoms with Gasteiger partial charge in [-0.15, -0.1) is 11.3 Å². The van der Waals surface area contributed by atoms with Crippen molar-refractivity contribution in [1.29, 1.82) is 0 Å². The highest BCUT2D eigenvalue weighted by atomic mass is 32.1. The molecule has 1 aliphatic heterocycles. The van der Waals surface area contributed by atoms with Gasteiger partial charge in [0.05, 0.1) is 23.3 Å². The molecule has 0 fully saturated rings. The van der Waals surface area contributed by atoms with Crippen molar-refractivity contribution >= 4 is 33.3 Å². The van der Waals surface area contributed by atoms with E-state index in [1.165, 1.54) is 23.5 Å². The van der Waals surface area contributed by atoms with Crippen LogP contribution in [-0.4, -0.2) is 27.3 Å². The molecule has 3 aromatic rings. The van der Waals surface area contributed by atoms with Crippen LogP contribution in [0.25, 0.3) is 10.9 Å². The van der Waals surface area contributed by atoms with Crippen molar-refractivity contribution in [3.8, 4) is 0 Å². The number of pyridine rings is 1. The summed E-state index contributed by atoms with van der Waals surface area (Å²) in [5.74, 6) is -0.434. The van der Waals surface area contributed by atoms with E-state index in [1.807, 2.05) is 0 Å². The third-order valence-electron chi connectivity index (χ3n) is 4.17. The van der Waals surface area contributed by atoms with E-state index in [2.05, 4.69) is 9.97 Å². The second-order valence-electron chi connectivity index (χ2n) is 5.87. The number of hydrogen-bond acceptors (Lipinski definition) is 5. The van der Waals surface area contributed by atoms with Crippen LogP contribution in [0.3, 0.4) is 0 Å². The molecule has 0 aliphatic carbocycles. The number of nitrogens with two attached hydrogens (primary N) is 1. The molecule has 2 N–H and O–H groups in total. The average Bonchev–Trinajstić information content (AvgIpc) is 2.92. The van der Waals surface area contributed by atoms with Gasteiger partial charge in [0.1, 0.15) is 5.82 Å². The zero-order chi connectivity index (χ0) is 16.8. The maximum absolute atomic E-state index is 13.5. The summed E-state index contributed by atoms with van der Waals surface area (Å²) in [6.45, 7) is 2.91. The van der Waals surface area contributed by atoms with Crippen LogP contribution in [-0.2, 0) is 13.0 Å². The van der Waals surface area contributed by atoms with Crippen molar-refractivity contribution in [3.05, 3.63) is 51.9 Å². The number of anilines is 1. The predicted molar refractivity (Wildman–Crippen MR) is 91.4 cm³/mol. The number of nitrogens with zero attached hydrogens (tertiary/aromatic N) is 3. The first-order valence-electron chi connectivity index (χ1n) is 7.61. The van der Waals surface area contributed by atoms with E-state index in [9.17, 15) is 9.18 Å². The van der Waals surface area contributed by atoms with Crippen LogP contribution in [0.4, 0.5) is 9.52 Å². The standard InChI is InChI=1S/C17H15FN4OS/c1-9-6-12(11-3-2-10(18)7-14(11)20-9)16(23)22-5-4-13-15(8-22)24-17(19)21-13/h2-3,6-7H,4-5,8H2,1H3,(H2,19,21). The van der Waals surface area contributed by atoms with Crippen molar-refractivity contribution in [2.75, 3.05) is 12.3 Å². The topological polar surface area (TPSA) is 72.1 Å². The Morgan fingerprint density at radius 1 is 1.33 bits per heavy atom. The Kier molecular flexibility index (Phi) is 3.45. The number of benzene rings is 1. The second-order valence-corrected chi connectivity index (χ2v) is 6.99. The summed E-state index contributed by atoms with van der Waals surface area (Å²) >= 11 is 1.43. The molecule has 0 spiro atoms. The summed E-state index contributed by atoms with van der Waals surface area (Å²) in [7, 11) is 0. The van der Waals surface area contributed by atoms with Crippen LogP contribution in [0, 0.1) is 12.7 Å². The number of halogens is 1. The molecule has 1 aliphatic rings. The molecule has 1 amide bonds. The Morgan fingerprint density at radius 3 is 3.00 bits per heavy atom. The first kappa shape index (κ1) is 15.0. The minimum absolute atomic E-state index is 0.0743. The van der Waals surface area contributed by atoms with Gasteiger partial charge in [-0.05, 0) is 25.1 Å². The fraction of sp³-hybridized carbons (Fsp3) is 0.235. The molecule has 7 heteroatoms. The number of fused-ring (bicyclic) bond motifs is 2. The van der Waals surface area contributed by atoms with Gasteiger partial charge in [-0.1, -0.05) is 0 Å². The Morgan fingerprint density at radius 2 is 2.17 bits per heavy atom. The zero-order valence-corrected chi connectivity index (χ0v) is 13.9. The molecule has 0 saturated carbocycles. The van der Waals surface area contributed by atoms with Gasteiger partial charge in [0.2, 0.25) is 0 Å². The lowest BCUT2D eigenvalue weighted by Crippen LogP contribution is -2.35. The maximum atomic E-state index is 13.5. The van der Waals surface area contributed by atoms with Crippen LogP contribution in [0.1, 0.15) is 26.6 Å². The number of aromatic nitrogens is 2. The molecule has 5 nitrogen and oxygen atoms in total. The number of carbonyl (C=O) groups excluding carboxylic acids is 1. The van der Waals surface area contributed by atoms with Gasteiger partial charge < -0.3 is 10.6 Å². The van der Waals surface area contributed by atoms with Gasteiger partial charge >= 0.3 is 0 Å². The lowest BCUT2D eigenvalue weighted by Gasteiger charge is -2.26. The Labute approximate surface area is 141 Å². The van der Waals surface area contributed by atoms with Gasteiger partial charge in [-0.2, -0.15) is 0 Å². The van der Waals surface area contributed by atoms with Crippen molar-refractivity contribution in [2.45, 2.75) is 19.9 Å². The van der Waals surface area contributed by atoms with Gasteiger partial charge in [-0.25, -0.2) is 9.37 Å². The molecule has 4 rings (SSSR count). The molecule has 2 aromatic heterocycles. The Balaban J connectivity index is 1.74. The molecular formula is C17H15FN4OS. The lowest BCUT2D eigenvalue weighted by atomic mass is 10.0. The second kappa shape index (κ2) is 5.52. The Hall–Kier alpha value is -2.54. The number of nitrogen functional groups attached to an aromatic ring is 1. The highest BCUT2D eigenvalue weighted by Crippen LogP contribution is 2.28. The van der Waals surface area contributed by atoms with E-state index in [0.717, 1.165) is 10.6 Å². The van der Waals surface area contributed by atoms with E-state index in [1.54, 1.807) is 24.0 Å². The number of aryl methyl sites for hydroxylation is 1. The number of amides is 1. The van der Waals surface area contributed by atoms with Crippen LogP contribution in [0.5, 0.6) is 0 Å². The number of carbonyl (C=O) groups is 1. The van der Waals surface area contributed by atoms with E-state index < -0.39 is 0 Å². The normalized spacial score (nSPS) is 14.0. The molecule has 24 heavy (non-hydrogen) atoms. The summed E-state index contributed by atoms with van der Waals surface area (Å²) < 4.78 is 13.5. The van der Waals surface area contributed by atoms with Crippen LogP contribution in [0.2, 0.25) is 0 Å². The lowest BCUT2D eigenvalue weighted by molar-refractivity contribution is 0.0738. The number of rotatable bonds is 1. The van der Waals surface area contributed by atoms with Gasteiger partial charge in [-0.3, -0.25) is 9.78 Å². The first-order chi connectivity index (χ1) is 11.5. The zero-order valence-electron chi connectivity index (χ0n) is 13.0. The minimum atomic E-state index is -0.359. The van der Waals surface area contributed by atoms with Crippen molar-refractivity contribution in [3.63, 3.8) is 0 Å². The van der Waals surface area contributed by atoms with Gasteiger partial charge in [0, 0.05) is 35.0 Å². The molecule has 0 unspecified atom stereocenters. The fourth-order valence-corrected chi connectivity index (χ4v) is 3.96. The third-order valence-corrected chi connectivity index (χ3v) is 5.08. The van der Waals surface area contributed by atoms with E-state index >= 15 is 0 Å². The monoisotopic (exact) mass is 342 g/mol. The van der Waals surface area contributed by atoms with Gasteiger partial charge in [0.15, 0.2) is 5.13 Å². The molecule has 0 atom stereocenters. The number of thiazole rings is 1. The summed E-state index contributed by atoms with van der Waals surface area (Å²) in [4.78, 5) is 24.5. The minimum Gasteiger partial charge on any atom is -0.375 e. The van der Waals surface area contributed by atoms with Crippen LogP contribution in [0.15, 0.2) is 24.3 Å². The molecule has 3 heterocycles. The highest BCUT2D eigenvalue weighted by molar-refractivity contribution is 7.15. The van der Waals surface area contributed by atoms with E-state index in [4.69, 9.17) is 5.73 Å². The Bertz CT molecular complexity index is 963. The molecule has 0 radical (unpaired) electrons. The summed E-state index contributed by atoms with van der Waals surface area (Å²) in [6.07, 6.45) is 0.700.